The number of nitriles is 1. The molecule has 4 nitrogen and oxygen atoms in total. The lowest BCUT2D eigenvalue weighted by Gasteiger charge is -2.30. The van der Waals surface area contributed by atoms with Crippen molar-refractivity contribution < 1.29 is 4.39 Å². The zero-order valence-corrected chi connectivity index (χ0v) is 12.2. The normalized spacial score (nSPS) is 16.2. The van der Waals surface area contributed by atoms with E-state index in [9.17, 15) is 4.39 Å². The van der Waals surface area contributed by atoms with Crippen LogP contribution in [0.1, 0.15) is 36.9 Å². The van der Waals surface area contributed by atoms with Gasteiger partial charge in [0.05, 0.1) is 0 Å². The molecule has 1 aliphatic rings. The molecule has 1 aromatic heterocycles. The molecule has 22 heavy (non-hydrogen) atoms. The fourth-order valence-electron chi connectivity index (χ4n) is 3.22. The summed E-state index contributed by atoms with van der Waals surface area (Å²) in [5, 5.41) is 12.4. The minimum atomic E-state index is -0.217. The number of rotatable bonds is 4. The number of benzene rings is 1. The van der Waals surface area contributed by atoms with Gasteiger partial charge in [-0.05, 0) is 30.5 Å². The number of anilines is 1. The number of aromatic nitrogens is 2. The zero-order valence-electron chi connectivity index (χ0n) is 12.2. The molecule has 5 heteroatoms. The molecular formula is C17H17FN4. The molecule has 1 heterocycles. The topological polar surface area (TPSA) is 61.6 Å². The van der Waals surface area contributed by atoms with Crippen molar-refractivity contribution in [2.75, 3.05) is 11.9 Å². The Bertz CT molecular complexity index is 685. The van der Waals surface area contributed by atoms with Gasteiger partial charge in [-0.2, -0.15) is 5.26 Å². The predicted octanol–water partition coefficient (Wildman–Crippen LogP) is 3.41. The minimum Gasteiger partial charge on any atom is -0.367 e. The van der Waals surface area contributed by atoms with Crippen molar-refractivity contribution >= 4 is 5.82 Å². The van der Waals surface area contributed by atoms with Crippen LogP contribution >= 0.6 is 0 Å². The minimum absolute atomic E-state index is 0.0298. The highest BCUT2D eigenvalue weighted by Crippen LogP contribution is 2.41. The lowest BCUT2D eigenvalue weighted by Crippen LogP contribution is -2.32. The Kier molecular flexibility index (Phi) is 4.01. The van der Waals surface area contributed by atoms with Crippen LogP contribution in [0.25, 0.3) is 0 Å². The van der Waals surface area contributed by atoms with E-state index in [0.29, 0.717) is 18.1 Å². The first kappa shape index (κ1) is 14.5. The number of halogens is 1. The summed E-state index contributed by atoms with van der Waals surface area (Å²) >= 11 is 0. The first-order valence-electron chi connectivity index (χ1n) is 7.45. The summed E-state index contributed by atoms with van der Waals surface area (Å²) in [5.41, 5.74) is 1.41. The molecule has 0 spiro atoms. The Morgan fingerprint density at radius 2 is 1.82 bits per heavy atom. The summed E-state index contributed by atoms with van der Waals surface area (Å²) in [5.74, 6) is 0.295. The molecule has 3 rings (SSSR count). The maximum absolute atomic E-state index is 13.2. The standard InChI is InChI=1S/C17H17FN4/c18-14-5-3-13(4-6-14)17(7-1-2-8-17)12-22-16-15(11-19)20-9-10-21-16/h3-6,9-10H,1-2,7-8,12H2,(H,21,22). The highest BCUT2D eigenvalue weighted by molar-refractivity contribution is 5.47. The molecule has 0 unspecified atom stereocenters. The van der Waals surface area contributed by atoms with Gasteiger partial charge in [0.15, 0.2) is 11.5 Å². The van der Waals surface area contributed by atoms with E-state index >= 15 is 0 Å². The van der Waals surface area contributed by atoms with Crippen molar-refractivity contribution in [3.05, 3.63) is 53.7 Å². The van der Waals surface area contributed by atoms with Crippen LogP contribution in [0.3, 0.4) is 0 Å². The van der Waals surface area contributed by atoms with Crippen molar-refractivity contribution in [2.24, 2.45) is 0 Å². The smallest absolute Gasteiger partial charge is 0.182 e. The highest BCUT2D eigenvalue weighted by Gasteiger charge is 2.35. The second kappa shape index (κ2) is 6.10. The summed E-state index contributed by atoms with van der Waals surface area (Å²) < 4.78 is 13.2. The Hall–Kier alpha value is -2.48. The third-order valence-corrected chi connectivity index (χ3v) is 4.42. The predicted molar refractivity (Wildman–Crippen MR) is 81.8 cm³/mol. The van der Waals surface area contributed by atoms with Crippen LogP contribution in [0.5, 0.6) is 0 Å². The molecule has 1 fully saturated rings. The summed E-state index contributed by atoms with van der Waals surface area (Å²) in [6.07, 6.45) is 7.49. The van der Waals surface area contributed by atoms with Gasteiger partial charge in [-0.3, -0.25) is 0 Å². The van der Waals surface area contributed by atoms with Crippen LogP contribution in [-0.4, -0.2) is 16.5 Å². The molecule has 1 N–H and O–H groups in total. The van der Waals surface area contributed by atoms with Crippen molar-refractivity contribution in [1.29, 1.82) is 5.26 Å². The highest BCUT2D eigenvalue weighted by atomic mass is 19.1. The molecule has 0 atom stereocenters. The van der Waals surface area contributed by atoms with Crippen molar-refractivity contribution in [1.82, 2.24) is 9.97 Å². The fourth-order valence-corrected chi connectivity index (χ4v) is 3.22. The molecule has 0 bridgehead atoms. The van der Waals surface area contributed by atoms with Crippen LogP contribution in [-0.2, 0) is 5.41 Å². The van der Waals surface area contributed by atoms with Crippen LogP contribution in [0.4, 0.5) is 10.2 Å². The second-order valence-corrected chi connectivity index (χ2v) is 5.71. The van der Waals surface area contributed by atoms with Gasteiger partial charge in [-0.25, -0.2) is 14.4 Å². The van der Waals surface area contributed by atoms with Gasteiger partial charge in [-0.15, -0.1) is 0 Å². The Morgan fingerprint density at radius 3 is 2.50 bits per heavy atom. The lowest BCUT2D eigenvalue weighted by molar-refractivity contribution is 0.465. The Labute approximate surface area is 129 Å². The Balaban J connectivity index is 1.83. The van der Waals surface area contributed by atoms with E-state index in [4.69, 9.17) is 5.26 Å². The van der Waals surface area contributed by atoms with Crippen LogP contribution < -0.4 is 5.32 Å². The van der Waals surface area contributed by atoms with E-state index < -0.39 is 0 Å². The molecule has 0 amide bonds. The molecular weight excluding hydrogens is 279 g/mol. The van der Waals surface area contributed by atoms with E-state index in [2.05, 4.69) is 15.3 Å². The average Bonchev–Trinajstić information content (AvgIpc) is 3.04. The average molecular weight is 296 g/mol. The number of nitrogens with zero attached hydrogens (tertiary/aromatic N) is 3. The fraction of sp³-hybridized carbons (Fsp3) is 0.353. The van der Waals surface area contributed by atoms with Gasteiger partial charge < -0.3 is 5.32 Å². The largest absolute Gasteiger partial charge is 0.367 e. The number of nitrogens with one attached hydrogen (secondary N) is 1. The van der Waals surface area contributed by atoms with E-state index in [1.54, 1.807) is 6.20 Å². The van der Waals surface area contributed by atoms with Crippen molar-refractivity contribution in [2.45, 2.75) is 31.1 Å². The van der Waals surface area contributed by atoms with Crippen molar-refractivity contribution in [3.63, 3.8) is 0 Å². The molecule has 1 aliphatic carbocycles. The molecule has 0 saturated heterocycles. The van der Waals surface area contributed by atoms with Gasteiger partial charge in [-0.1, -0.05) is 25.0 Å². The summed E-state index contributed by atoms with van der Waals surface area (Å²) in [4.78, 5) is 8.21. The quantitative estimate of drug-likeness (QED) is 0.939. The van der Waals surface area contributed by atoms with Gasteiger partial charge in [0.25, 0.3) is 0 Å². The van der Waals surface area contributed by atoms with Crippen molar-refractivity contribution in [3.8, 4) is 6.07 Å². The monoisotopic (exact) mass is 296 g/mol. The summed E-state index contributed by atoms with van der Waals surface area (Å²) in [7, 11) is 0. The first-order chi connectivity index (χ1) is 10.7. The molecule has 1 aromatic carbocycles. The van der Waals surface area contributed by atoms with Crippen LogP contribution in [0.15, 0.2) is 36.7 Å². The third kappa shape index (κ3) is 2.77. The zero-order chi connectivity index (χ0) is 15.4. The van der Waals surface area contributed by atoms with E-state index in [-0.39, 0.29) is 11.2 Å². The molecule has 0 aliphatic heterocycles. The summed E-state index contributed by atoms with van der Waals surface area (Å²) in [6.45, 7) is 0.673. The van der Waals surface area contributed by atoms with Gasteiger partial charge in [0.1, 0.15) is 11.9 Å². The molecule has 1 saturated carbocycles. The lowest BCUT2D eigenvalue weighted by atomic mass is 9.79. The SMILES string of the molecule is N#Cc1nccnc1NCC1(c2ccc(F)cc2)CCCC1. The Morgan fingerprint density at radius 1 is 1.14 bits per heavy atom. The molecule has 2 aromatic rings. The maximum atomic E-state index is 13.2. The van der Waals surface area contributed by atoms with Gasteiger partial charge >= 0.3 is 0 Å². The number of hydrogen-bond acceptors (Lipinski definition) is 4. The van der Waals surface area contributed by atoms with Crippen LogP contribution in [0, 0.1) is 17.1 Å². The van der Waals surface area contributed by atoms with E-state index in [1.165, 1.54) is 18.3 Å². The number of hydrogen-bond donors (Lipinski definition) is 1. The van der Waals surface area contributed by atoms with Crippen LogP contribution in [0.2, 0.25) is 0 Å². The molecule has 0 radical (unpaired) electrons. The maximum Gasteiger partial charge on any atom is 0.182 e. The second-order valence-electron chi connectivity index (χ2n) is 5.71. The molecule has 112 valence electrons. The first-order valence-corrected chi connectivity index (χ1v) is 7.45. The van der Waals surface area contributed by atoms with E-state index in [1.807, 2.05) is 18.2 Å². The summed E-state index contributed by atoms with van der Waals surface area (Å²) in [6, 6.07) is 8.80. The third-order valence-electron chi connectivity index (χ3n) is 4.42. The van der Waals surface area contributed by atoms with Gasteiger partial charge in [0, 0.05) is 24.4 Å². The van der Waals surface area contributed by atoms with E-state index in [0.717, 1.165) is 31.2 Å². The van der Waals surface area contributed by atoms with Gasteiger partial charge in [0.2, 0.25) is 0 Å².